The molecule has 6 heteroatoms. The molecule has 0 unspecified atom stereocenters. The highest BCUT2D eigenvalue weighted by Crippen LogP contribution is 1.90. The molecule has 11 heavy (non-hydrogen) atoms. The van der Waals surface area contributed by atoms with Gasteiger partial charge in [0.25, 0.3) is 0 Å². The van der Waals surface area contributed by atoms with Crippen molar-refractivity contribution in [2.24, 2.45) is 10.3 Å². The Morgan fingerprint density at radius 3 is 2.45 bits per heavy atom. The average Bonchev–Trinajstić information content (AvgIpc) is 1.98. The summed E-state index contributed by atoms with van der Waals surface area (Å²) in [6.07, 6.45) is 0. The lowest BCUT2D eigenvalue weighted by molar-refractivity contribution is -0.140. The molecule has 0 aliphatic heterocycles. The lowest BCUT2D eigenvalue weighted by Crippen LogP contribution is -2.04. The number of nitrogens with zero attached hydrogens (tertiary/aromatic N) is 2. The number of halogens is 1. The molecule has 0 radical (unpaired) electrons. The first-order valence-electron chi connectivity index (χ1n) is 2.68. The fourth-order valence-electron chi connectivity index (χ4n) is 0.243. The van der Waals surface area contributed by atoms with Gasteiger partial charge in [-0.3, -0.25) is 0 Å². The van der Waals surface area contributed by atoms with Crippen LogP contribution in [0.25, 0.3) is 0 Å². The highest BCUT2D eigenvalue weighted by Gasteiger charge is 2.00. The average molecular weight is 179 g/mol. The highest BCUT2D eigenvalue weighted by atomic mass is 35.5. The Balaban J connectivity index is 4.12. The number of rotatable bonds is 2. The SMILES string of the molecule is CC(=O)O/N=C(C)\C(Cl)=N/O. The van der Waals surface area contributed by atoms with Crippen LogP contribution in [0.15, 0.2) is 10.3 Å². The minimum absolute atomic E-state index is 0.129. The van der Waals surface area contributed by atoms with Gasteiger partial charge in [0.15, 0.2) is 5.17 Å². The minimum Gasteiger partial charge on any atom is -0.410 e. The summed E-state index contributed by atoms with van der Waals surface area (Å²) in [6.45, 7) is 2.63. The maximum Gasteiger partial charge on any atom is 0.331 e. The second kappa shape index (κ2) is 4.68. The van der Waals surface area contributed by atoms with Crippen LogP contribution in [0.3, 0.4) is 0 Å². The molecule has 0 spiro atoms. The van der Waals surface area contributed by atoms with Gasteiger partial charge in [-0.1, -0.05) is 21.9 Å². The molecule has 62 valence electrons. The van der Waals surface area contributed by atoms with Crippen LogP contribution in [0.1, 0.15) is 13.8 Å². The van der Waals surface area contributed by atoms with E-state index in [-0.39, 0.29) is 10.9 Å². The van der Waals surface area contributed by atoms with E-state index in [1.807, 2.05) is 0 Å². The molecule has 1 N–H and O–H groups in total. The summed E-state index contributed by atoms with van der Waals surface area (Å²) < 4.78 is 0. The molecule has 0 aromatic heterocycles. The molecule has 0 rings (SSSR count). The maximum atomic E-state index is 10.2. The van der Waals surface area contributed by atoms with Crippen molar-refractivity contribution in [3.05, 3.63) is 0 Å². The highest BCUT2D eigenvalue weighted by molar-refractivity contribution is 6.83. The van der Waals surface area contributed by atoms with Gasteiger partial charge in [0.2, 0.25) is 0 Å². The van der Waals surface area contributed by atoms with E-state index in [4.69, 9.17) is 16.8 Å². The van der Waals surface area contributed by atoms with E-state index in [1.54, 1.807) is 0 Å². The fourth-order valence-corrected chi connectivity index (χ4v) is 0.277. The zero-order valence-electron chi connectivity index (χ0n) is 6.04. The number of carbonyl (C=O) groups is 1. The van der Waals surface area contributed by atoms with Gasteiger partial charge in [0.05, 0.1) is 0 Å². The molecule has 0 aliphatic carbocycles. The smallest absolute Gasteiger partial charge is 0.331 e. The fraction of sp³-hybridized carbons (Fsp3) is 0.400. The van der Waals surface area contributed by atoms with Gasteiger partial charge in [-0.2, -0.15) is 0 Å². The summed E-state index contributed by atoms with van der Waals surface area (Å²) in [7, 11) is 0. The molecule has 0 atom stereocenters. The monoisotopic (exact) mass is 178 g/mol. The summed E-state index contributed by atoms with van der Waals surface area (Å²) >= 11 is 5.28. The lowest BCUT2D eigenvalue weighted by atomic mass is 10.5. The summed E-state index contributed by atoms with van der Waals surface area (Å²) in [5.74, 6) is -0.563. The third-order valence-corrected chi connectivity index (χ3v) is 1.05. The molecule has 0 saturated heterocycles. The molecular weight excluding hydrogens is 172 g/mol. The predicted octanol–water partition coefficient (Wildman–Crippen LogP) is 0.952. The number of hydrogen-bond donors (Lipinski definition) is 1. The standard InChI is InChI=1S/C5H7ClN2O3/c1-3(5(6)7-10)8-11-4(2)9/h10H,1-2H3/b7-5+,8-3-. The number of carbonyl (C=O) groups excluding carboxylic acids is 1. The van der Waals surface area contributed by atoms with Crippen LogP contribution in [-0.2, 0) is 9.63 Å². The van der Waals surface area contributed by atoms with Crippen molar-refractivity contribution in [3.63, 3.8) is 0 Å². The Morgan fingerprint density at radius 1 is 1.55 bits per heavy atom. The molecule has 5 nitrogen and oxygen atoms in total. The lowest BCUT2D eigenvalue weighted by Gasteiger charge is -1.92. The Hall–Kier alpha value is -1.10. The molecule has 0 aliphatic rings. The van der Waals surface area contributed by atoms with Crippen LogP contribution in [0.4, 0.5) is 0 Å². The van der Waals surface area contributed by atoms with Crippen LogP contribution in [-0.4, -0.2) is 22.1 Å². The van der Waals surface area contributed by atoms with Crippen molar-refractivity contribution < 1.29 is 14.8 Å². The first kappa shape index (κ1) is 9.90. The largest absolute Gasteiger partial charge is 0.410 e. The van der Waals surface area contributed by atoms with E-state index in [1.165, 1.54) is 13.8 Å². The normalized spacial score (nSPS) is 13.0. The topological polar surface area (TPSA) is 71.2 Å². The summed E-state index contributed by atoms with van der Waals surface area (Å²) in [5, 5.41) is 13.8. The predicted molar refractivity (Wildman–Crippen MR) is 39.9 cm³/mol. The summed E-state index contributed by atoms with van der Waals surface area (Å²) in [5.41, 5.74) is 0.129. The van der Waals surface area contributed by atoms with Gasteiger partial charge in [0.1, 0.15) is 5.71 Å². The van der Waals surface area contributed by atoms with Crippen molar-refractivity contribution in [1.29, 1.82) is 0 Å². The van der Waals surface area contributed by atoms with E-state index >= 15 is 0 Å². The van der Waals surface area contributed by atoms with Crippen LogP contribution < -0.4 is 0 Å². The van der Waals surface area contributed by atoms with Crippen LogP contribution in [0.2, 0.25) is 0 Å². The van der Waals surface area contributed by atoms with Crippen molar-refractivity contribution in [1.82, 2.24) is 0 Å². The van der Waals surface area contributed by atoms with Gasteiger partial charge in [-0.05, 0) is 6.92 Å². The van der Waals surface area contributed by atoms with E-state index in [2.05, 4.69) is 15.1 Å². The number of hydrogen-bond acceptors (Lipinski definition) is 5. The Morgan fingerprint density at radius 2 is 2.09 bits per heavy atom. The van der Waals surface area contributed by atoms with Gasteiger partial charge in [0, 0.05) is 6.92 Å². The summed E-state index contributed by atoms with van der Waals surface area (Å²) in [4.78, 5) is 14.4. The van der Waals surface area contributed by atoms with Crippen molar-refractivity contribution in [3.8, 4) is 0 Å². The third kappa shape index (κ3) is 4.32. The molecule has 0 bridgehead atoms. The van der Waals surface area contributed by atoms with E-state index in [9.17, 15) is 4.79 Å². The second-order valence-corrected chi connectivity index (χ2v) is 2.01. The second-order valence-electron chi connectivity index (χ2n) is 1.65. The quantitative estimate of drug-likeness (QED) is 0.296. The van der Waals surface area contributed by atoms with Crippen LogP contribution in [0, 0.1) is 0 Å². The molecule has 0 heterocycles. The minimum atomic E-state index is -0.563. The van der Waals surface area contributed by atoms with Gasteiger partial charge < -0.3 is 10.0 Å². The molecule has 0 fully saturated rings. The Labute approximate surface area is 68.3 Å². The molecule has 0 aromatic rings. The maximum absolute atomic E-state index is 10.2. The Bertz CT molecular complexity index is 212. The van der Waals surface area contributed by atoms with Crippen molar-refractivity contribution >= 4 is 28.5 Å². The third-order valence-electron chi connectivity index (χ3n) is 0.697. The molecular formula is C5H7ClN2O3. The number of oxime groups is 2. The van der Waals surface area contributed by atoms with Crippen LogP contribution >= 0.6 is 11.6 Å². The first-order chi connectivity index (χ1) is 5.07. The zero-order chi connectivity index (χ0) is 8.85. The van der Waals surface area contributed by atoms with Gasteiger partial charge in [-0.25, -0.2) is 4.79 Å². The van der Waals surface area contributed by atoms with Gasteiger partial charge in [-0.15, -0.1) is 0 Å². The Kier molecular flexibility index (Phi) is 4.21. The first-order valence-corrected chi connectivity index (χ1v) is 3.05. The molecule has 0 aromatic carbocycles. The van der Waals surface area contributed by atoms with E-state index in [0.29, 0.717) is 0 Å². The van der Waals surface area contributed by atoms with E-state index in [0.717, 1.165) is 0 Å². The molecule has 0 amide bonds. The summed E-state index contributed by atoms with van der Waals surface area (Å²) in [6, 6.07) is 0. The molecule has 0 saturated carbocycles. The zero-order valence-corrected chi connectivity index (χ0v) is 6.79. The van der Waals surface area contributed by atoms with Crippen LogP contribution in [0.5, 0.6) is 0 Å². The van der Waals surface area contributed by atoms with Crippen molar-refractivity contribution in [2.75, 3.05) is 0 Å². The van der Waals surface area contributed by atoms with E-state index < -0.39 is 5.97 Å². The van der Waals surface area contributed by atoms with Crippen molar-refractivity contribution in [2.45, 2.75) is 13.8 Å². The van der Waals surface area contributed by atoms with Gasteiger partial charge >= 0.3 is 5.97 Å².